The first kappa shape index (κ1) is 12.4. The summed E-state index contributed by atoms with van der Waals surface area (Å²) >= 11 is 0. The van der Waals surface area contributed by atoms with Crippen molar-refractivity contribution in [1.29, 1.82) is 0 Å². The van der Waals surface area contributed by atoms with Gasteiger partial charge in [0.25, 0.3) is 5.91 Å². The highest BCUT2D eigenvalue weighted by molar-refractivity contribution is 6.08. The van der Waals surface area contributed by atoms with E-state index in [1.807, 2.05) is 38.1 Å². The van der Waals surface area contributed by atoms with Gasteiger partial charge in [-0.15, -0.1) is 0 Å². The van der Waals surface area contributed by atoms with Gasteiger partial charge in [-0.05, 0) is 19.2 Å². The number of hydrogen-bond donors (Lipinski definition) is 1. The molecule has 0 saturated carbocycles. The van der Waals surface area contributed by atoms with Crippen LogP contribution in [0.4, 0.5) is 5.82 Å². The number of nitrogen functional groups attached to an aromatic ring is 1. The fraction of sp³-hybridized carbons (Fsp3) is 0.286. The van der Waals surface area contributed by atoms with Gasteiger partial charge in [-0.25, -0.2) is 4.98 Å². The third-order valence-corrected chi connectivity index (χ3v) is 3.15. The molecule has 2 rings (SSSR count). The molecule has 0 bridgehead atoms. The molecule has 2 aromatic rings. The zero-order valence-corrected chi connectivity index (χ0v) is 10.8. The van der Waals surface area contributed by atoms with Crippen LogP contribution in [0.2, 0.25) is 0 Å². The number of hydrogen-bond acceptors (Lipinski definition) is 3. The van der Waals surface area contributed by atoms with Gasteiger partial charge in [0.2, 0.25) is 0 Å². The number of rotatable bonds is 2. The maximum atomic E-state index is 12.4. The summed E-state index contributed by atoms with van der Waals surface area (Å²) in [5.41, 5.74) is 6.42. The van der Waals surface area contributed by atoms with Crippen molar-refractivity contribution in [3.63, 3.8) is 0 Å². The second-order valence-corrected chi connectivity index (χ2v) is 4.61. The Morgan fingerprint density at radius 3 is 2.50 bits per heavy atom. The Bertz CT molecular complexity index is 593. The molecule has 1 heterocycles. The van der Waals surface area contributed by atoms with Crippen molar-refractivity contribution in [3.05, 3.63) is 36.0 Å². The van der Waals surface area contributed by atoms with Crippen LogP contribution in [0.3, 0.4) is 0 Å². The standard InChI is InChI=1S/C14H17N3O/c1-9(2)17(3)14(18)12-8-16-13(15)11-7-5-4-6-10(11)12/h4-9H,1-3H3,(H2,15,16). The molecule has 4 nitrogen and oxygen atoms in total. The van der Waals surface area contributed by atoms with E-state index >= 15 is 0 Å². The van der Waals surface area contributed by atoms with E-state index in [4.69, 9.17) is 5.73 Å². The molecule has 1 aromatic carbocycles. The van der Waals surface area contributed by atoms with Crippen LogP contribution in [-0.2, 0) is 0 Å². The molecule has 0 unspecified atom stereocenters. The van der Waals surface area contributed by atoms with Gasteiger partial charge in [-0.2, -0.15) is 0 Å². The topological polar surface area (TPSA) is 59.2 Å². The Morgan fingerprint density at radius 1 is 1.28 bits per heavy atom. The predicted molar refractivity (Wildman–Crippen MR) is 73.4 cm³/mol. The second-order valence-electron chi connectivity index (χ2n) is 4.61. The van der Waals surface area contributed by atoms with Gasteiger partial charge in [0.05, 0.1) is 5.56 Å². The average Bonchev–Trinajstić information content (AvgIpc) is 2.38. The van der Waals surface area contributed by atoms with Gasteiger partial charge < -0.3 is 10.6 Å². The Balaban J connectivity index is 2.59. The van der Waals surface area contributed by atoms with Gasteiger partial charge in [-0.3, -0.25) is 4.79 Å². The summed E-state index contributed by atoms with van der Waals surface area (Å²) < 4.78 is 0. The van der Waals surface area contributed by atoms with E-state index in [2.05, 4.69) is 4.98 Å². The maximum absolute atomic E-state index is 12.4. The van der Waals surface area contributed by atoms with Crippen LogP contribution in [-0.4, -0.2) is 28.9 Å². The van der Waals surface area contributed by atoms with E-state index in [9.17, 15) is 4.79 Å². The molecule has 1 aromatic heterocycles. The SMILES string of the molecule is CC(C)N(C)C(=O)c1cnc(N)c2ccccc12. The molecule has 1 amide bonds. The summed E-state index contributed by atoms with van der Waals surface area (Å²) in [7, 11) is 1.79. The summed E-state index contributed by atoms with van der Waals surface area (Å²) in [6.07, 6.45) is 1.55. The normalized spacial score (nSPS) is 10.9. The van der Waals surface area contributed by atoms with Gasteiger partial charge in [0, 0.05) is 24.7 Å². The maximum Gasteiger partial charge on any atom is 0.256 e. The average molecular weight is 243 g/mol. The van der Waals surface area contributed by atoms with Crippen molar-refractivity contribution in [3.8, 4) is 0 Å². The Labute approximate surface area is 106 Å². The lowest BCUT2D eigenvalue weighted by molar-refractivity contribution is 0.0756. The number of aromatic nitrogens is 1. The molecule has 2 N–H and O–H groups in total. The summed E-state index contributed by atoms with van der Waals surface area (Å²) in [5, 5.41) is 1.67. The molecular weight excluding hydrogens is 226 g/mol. The fourth-order valence-corrected chi connectivity index (χ4v) is 1.81. The molecule has 0 spiro atoms. The number of nitrogens with two attached hydrogens (primary N) is 1. The van der Waals surface area contributed by atoms with Gasteiger partial charge in [-0.1, -0.05) is 24.3 Å². The Hall–Kier alpha value is -2.10. The molecule has 0 fully saturated rings. The van der Waals surface area contributed by atoms with Crippen molar-refractivity contribution < 1.29 is 4.79 Å². The predicted octanol–water partition coefficient (Wildman–Crippen LogP) is 2.30. The van der Waals surface area contributed by atoms with E-state index in [-0.39, 0.29) is 11.9 Å². The van der Waals surface area contributed by atoms with E-state index in [1.165, 1.54) is 0 Å². The number of fused-ring (bicyclic) bond motifs is 1. The van der Waals surface area contributed by atoms with E-state index in [1.54, 1.807) is 18.1 Å². The van der Waals surface area contributed by atoms with Crippen molar-refractivity contribution in [1.82, 2.24) is 9.88 Å². The van der Waals surface area contributed by atoms with Crippen LogP contribution in [0.25, 0.3) is 10.8 Å². The first-order chi connectivity index (χ1) is 8.52. The molecule has 0 atom stereocenters. The summed E-state index contributed by atoms with van der Waals surface area (Å²) in [6, 6.07) is 7.71. The van der Waals surface area contributed by atoms with E-state index < -0.39 is 0 Å². The van der Waals surface area contributed by atoms with Crippen molar-refractivity contribution >= 4 is 22.5 Å². The third-order valence-electron chi connectivity index (χ3n) is 3.15. The largest absolute Gasteiger partial charge is 0.383 e. The monoisotopic (exact) mass is 243 g/mol. The second kappa shape index (κ2) is 4.64. The molecule has 18 heavy (non-hydrogen) atoms. The molecule has 0 aliphatic heterocycles. The molecular formula is C14H17N3O. The third kappa shape index (κ3) is 2.01. The lowest BCUT2D eigenvalue weighted by Crippen LogP contribution is -2.33. The van der Waals surface area contributed by atoms with Gasteiger partial charge in [0.1, 0.15) is 5.82 Å². The quantitative estimate of drug-likeness (QED) is 0.880. The smallest absolute Gasteiger partial charge is 0.256 e. The molecule has 0 aliphatic rings. The number of nitrogens with zero attached hydrogens (tertiary/aromatic N) is 2. The minimum atomic E-state index is -0.0336. The van der Waals surface area contributed by atoms with Crippen LogP contribution in [0.5, 0.6) is 0 Å². The Kier molecular flexibility index (Phi) is 3.19. The molecule has 0 saturated heterocycles. The number of amides is 1. The van der Waals surface area contributed by atoms with Gasteiger partial charge in [0.15, 0.2) is 0 Å². The number of carbonyl (C=O) groups excluding carboxylic acids is 1. The van der Waals surface area contributed by atoms with Crippen LogP contribution in [0, 0.1) is 0 Å². The van der Waals surface area contributed by atoms with Crippen LogP contribution in [0.15, 0.2) is 30.5 Å². The zero-order chi connectivity index (χ0) is 13.3. The highest BCUT2D eigenvalue weighted by Crippen LogP contribution is 2.23. The van der Waals surface area contributed by atoms with Crippen molar-refractivity contribution in [2.24, 2.45) is 0 Å². The molecule has 4 heteroatoms. The highest BCUT2D eigenvalue weighted by atomic mass is 16.2. The minimum Gasteiger partial charge on any atom is -0.383 e. The van der Waals surface area contributed by atoms with Crippen molar-refractivity contribution in [2.75, 3.05) is 12.8 Å². The fourth-order valence-electron chi connectivity index (χ4n) is 1.81. The Morgan fingerprint density at radius 2 is 1.89 bits per heavy atom. The zero-order valence-electron chi connectivity index (χ0n) is 10.8. The summed E-state index contributed by atoms with van der Waals surface area (Å²) in [4.78, 5) is 18.2. The van der Waals surface area contributed by atoms with E-state index in [0.717, 1.165) is 10.8 Å². The van der Waals surface area contributed by atoms with Crippen LogP contribution in [0.1, 0.15) is 24.2 Å². The van der Waals surface area contributed by atoms with E-state index in [0.29, 0.717) is 11.4 Å². The van der Waals surface area contributed by atoms with Crippen molar-refractivity contribution in [2.45, 2.75) is 19.9 Å². The first-order valence-electron chi connectivity index (χ1n) is 5.92. The van der Waals surface area contributed by atoms with Crippen LogP contribution < -0.4 is 5.73 Å². The molecule has 0 aliphatic carbocycles. The number of benzene rings is 1. The lowest BCUT2D eigenvalue weighted by Gasteiger charge is -2.22. The summed E-state index contributed by atoms with van der Waals surface area (Å²) in [5.74, 6) is 0.419. The summed E-state index contributed by atoms with van der Waals surface area (Å²) in [6.45, 7) is 3.95. The number of carbonyl (C=O) groups is 1. The molecule has 0 radical (unpaired) electrons. The number of anilines is 1. The van der Waals surface area contributed by atoms with Gasteiger partial charge >= 0.3 is 0 Å². The first-order valence-corrected chi connectivity index (χ1v) is 5.92. The lowest BCUT2D eigenvalue weighted by atomic mass is 10.1. The molecule has 94 valence electrons. The van der Waals surface area contributed by atoms with Crippen LogP contribution >= 0.6 is 0 Å². The highest BCUT2D eigenvalue weighted by Gasteiger charge is 2.17. The minimum absolute atomic E-state index is 0.0336. The number of pyridine rings is 1.